The molecule has 0 unspecified atom stereocenters. The van der Waals surface area contributed by atoms with E-state index in [4.69, 9.17) is 27.9 Å². The molecule has 0 aliphatic carbocycles. The number of carbonyl (C=O) groups excluding carboxylic acids is 1. The molecular weight excluding hydrogens is 335 g/mol. The zero-order chi connectivity index (χ0) is 17.0. The highest BCUT2D eigenvalue weighted by molar-refractivity contribution is 6.36. The van der Waals surface area contributed by atoms with E-state index in [1.807, 2.05) is 32.0 Å². The van der Waals surface area contributed by atoms with E-state index in [2.05, 4.69) is 5.10 Å². The van der Waals surface area contributed by atoms with Crippen molar-refractivity contribution in [3.05, 3.63) is 50.8 Å². The van der Waals surface area contributed by atoms with Crippen molar-refractivity contribution >= 4 is 29.2 Å². The van der Waals surface area contributed by atoms with Gasteiger partial charge in [0.05, 0.1) is 12.3 Å². The van der Waals surface area contributed by atoms with Crippen LogP contribution in [0.15, 0.2) is 18.2 Å². The van der Waals surface area contributed by atoms with Gasteiger partial charge < -0.3 is 4.74 Å². The minimum Gasteiger partial charge on any atom is -0.465 e. The summed E-state index contributed by atoms with van der Waals surface area (Å²) in [5, 5.41) is 5.76. The number of nitrogens with zero attached hydrogens (tertiary/aromatic N) is 2. The molecule has 0 radical (unpaired) electrons. The van der Waals surface area contributed by atoms with Crippen LogP contribution in [0.25, 0.3) is 0 Å². The Morgan fingerprint density at radius 1 is 1.22 bits per heavy atom. The fourth-order valence-electron chi connectivity index (χ4n) is 2.63. The maximum absolute atomic E-state index is 11.7. The third-order valence-corrected chi connectivity index (χ3v) is 4.41. The fraction of sp³-hybridized carbons (Fsp3) is 0.412. The number of ether oxygens (including phenoxy) is 1. The van der Waals surface area contributed by atoms with Crippen LogP contribution in [0.1, 0.15) is 36.4 Å². The van der Waals surface area contributed by atoms with Gasteiger partial charge in [0.1, 0.15) is 6.54 Å². The van der Waals surface area contributed by atoms with Crippen LogP contribution >= 0.6 is 23.2 Å². The van der Waals surface area contributed by atoms with Crippen molar-refractivity contribution in [1.82, 2.24) is 9.78 Å². The molecule has 0 fully saturated rings. The largest absolute Gasteiger partial charge is 0.465 e. The highest BCUT2D eigenvalue weighted by Crippen LogP contribution is 2.29. The Hall–Kier alpha value is -1.52. The number of aromatic nitrogens is 2. The van der Waals surface area contributed by atoms with Crippen molar-refractivity contribution < 1.29 is 9.53 Å². The zero-order valence-electron chi connectivity index (χ0n) is 13.5. The second-order valence-electron chi connectivity index (χ2n) is 5.20. The Balaban J connectivity index is 2.36. The van der Waals surface area contributed by atoms with Crippen LogP contribution in [0.4, 0.5) is 0 Å². The Morgan fingerprint density at radius 2 is 1.87 bits per heavy atom. The molecule has 0 bridgehead atoms. The lowest BCUT2D eigenvalue weighted by Crippen LogP contribution is -2.16. The maximum atomic E-state index is 11.7. The molecule has 0 saturated carbocycles. The summed E-state index contributed by atoms with van der Waals surface area (Å²) in [6.07, 6.45) is 1.36. The van der Waals surface area contributed by atoms with E-state index in [0.29, 0.717) is 23.1 Å². The minimum absolute atomic E-state index is 0.119. The van der Waals surface area contributed by atoms with Crippen molar-refractivity contribution in [2.24, 2.45) is 0 Å². The maximum Gasteiger partial charge on any atom is 0.327 e. The summed E-state index contributed by atoms with van der Waals surface area (Å²) in [4.78, 5) is 11.7. The van der Waals surface area contributed by atoms with Gasteiger partial charge in [0.2, 0.25) is 0 Å². The first-order valence-corrected chi connectivity index (χ1v) is 8.37. The number of benzene rings is 1. The van der Waals surface area contributed by atoms with E-state index in [-0.39, 0.29) is 12.5 Å². The summed E-state index contributed by atoms with van der Waals surface area (Å²) in [5.74, 6) is -0.285. The standard InChI is InChI=1S/C17H20Cl2N2O2/c1-4-16-12(9-13-14(18)7-6-8-15(13)19)11(3)20-21(16)10-17(22)23-5-2/h6-8H,4-5,9-10H2,1-3H3. The monoisotopic (exact) mass is 354 g/mol. The Kier molecular flexibility index (Phi) is 6.08. The van der Waals surface area contributed by atoms with Gasteiger partial charge >= 0.3 is 5.97 Å². The van der Waals surface area contributed by atoms with Crippen LogP contribution in [0.2, 0.25) is 10.0 Å². The predicted octanol–water partition coefficient (Wildman–Crippen LogP) is 4.21. The first kappa shape index (κ1) is 17.8. The summed E-state index contributed by atoms with van der Waals surface area (Å²) in [5.41, 5.74) is 3.82. The molecule has 124 valence electrons. The second-order valence-corrected chi connectivity index (χ2v) is 6.02. The Labute approximate surface area is 146 Å². The van der Waals surface area contributed by atoms with E-state index in [1.165, 1.54) is 0 Å². The summed E-state index contributed by atoms with van der Waals surface area (Å²) in [6.45, 7) is 6.24. The van der Waals surface area contributed by atoms with Crippen molar-refractivity contribution in [2.45, 2.75) is 40.2 Å². The minimum atomic E-state index is -0.285. The molecule has 0 saturated heterocycles. The summed E-state index contributed by atoms with van der Waals surface area (Å²) in [6, 6.07) is 5.48. The van der Waals surface area contributed by atoms with Gasteiger partial charge in [0.15, 0.2) is 0 Å². The molecule has 1 heterocycles. The molecule has 23 heavy (non-hydrogen) atoms. The second kappa shape index (κ2) is 7.84. The van der Waals surface area contributed by atoms with Crippen LogP contribution in [0.3, 0.4) is 0 Å². The highest BCUT2D eigenvalue weighted by atomic mass is 35.5. The molecular formula is C17H20Cl2N2O2. The molecule has 2 aromatic rings. The average Bonchev–Trinajstić information content (AvgIpc) is 2.78. The van der Waals surface area contributed by atoms with Gasteiger partial charge in [-0.2, -0.15) is 5.10 Å². The van der Waals surface area contributed by atoms with Crippen molar-refractivity contribution in [3.63, 3.8) is 0 Å². The molecule has 1 aromatic carbocycles. The molecule has 1 aromatic heterocycles. The Bertz CT molecular complexity index is 691. The fourth-order valence-corrected chi connectivity index (χ4v) is 3.16. The molecule has 0 aliphatic heterocycles. The number of carbonyl (C=O) groups is 1. The lowest BCUT2D eigenvalue weighted by molar-refractivity contribution is -0.144. The van der Waals surface area contributed by atoms with Gasteiger partial charge in [-0.15, -0.1) is 0 Å². The van der Waals surface area contributed by atoms with Gasteiger partial charge in [0, 0.05) is 27.7 Å². The first-order valence-electron chi connectivity index (χ1n) is 7.61. The predicted molar refractivity (Wildman–Crippen MR) is 92.2 cm³/mol. The van der Waals surface area contributed by atoms with Crippen LogP contribution in [0.5, 0.6) is 0 Å². The van der Waals surface area contributed by atoms with E-state index >= 15 is 0 Å². The third-order valence-electron chi connectivity index (χ3n) is 3.70. The van der Waals surface area contributed by atoms with Crippen LogP contribution < -0.4 is 0 Å². The van der Waals surface area contributed by atoms with E-state index in [9.17, 15) is 4.79 Å². The molecule has 6 heteroatoms. The van der Waals surface area contributed by atoms with Crippen molar-refractivity contribution in [3.8, 4) is 0 Å². The lowest BCUT2D eigenvalue weighted by Gasteiger charge is -2.10. The normalized spacial score (nSPS) is 10.8. The molecule has 0 N–H and O–H groups in total. The summed E-state index contributed by atoms with van der Waals surface area (Å²) in [7, 11) is 0. The number of hydrogen-bond acceptors (Lipinski definition) is 3. The van der Waals surface area contributed by atoms with Crippen molar-refractivity contribution in [1.29, 1.82) is 0 Å². The number of halogens is 2. The van der Waals surface area contributed by atoms with Crippen LogP contribution in [-0.2, 0) is 28.9 Å². The van der Waals surface area contributed by atoms with Gasteiger partial charge in [-0.3, -0.25) is 9.48 Å². The number of rotatable bonds is 6. The molecule has 0 atom stereocenters. The van der Waals surface area contributed by atoms with E-state index < -0.39 is 0 Å². The zero-order valence-corrected chi connectivity index (χ0v) is 15.0. The topological polar surface area (TPSA) is 44.1 Å². The number of esters is 1. The first-order chi connectivity index (χ1) is 11.0. The third kappa shape index (κ3) is 4.06. The lowest BCUT2D eigenvalue weighted by atomic mass is 10.0. The highest BCUT2D eigenvalue weighted by Gasteiger charge is 2.18. The SMILES string of the molecule is CCOC(=O)Cn1nc(C)c(Cc2c(Cl)cccc2Cl)c1CC. The van der Waals surface area contributed by atoms with Gasteiger partial charge in [0.25, 0.3) is 0 Å². The van der Waals surface area contributed by atoms with Crippen molar-refractivity contribution in [2.75, 3.05) is 6.61 Å². The molecule has 4 nitrogen and oxygen atoms in total. The Morgan fingerprint density at radius 3 is 2.43 bits per heavy atom. The van der Waals surface area contributed by atoms with Crippen LogP contribution in [-0.4, -0.2) is 22.4 Å². The van der Waals surface area contributed by atoms with Gasteiger partial charge in [-0.05, 0) is 38.0 Å². The quantitative estimate of drug-likeness (QED) is 0.729. The van der Waals surface area contributed by atoms with E-state index in [0.717, 1.165) is 28.9 Å². The smallest absolute Gasteiger partial charge is 0.327 e. The number of hydrogen-bond donors (Lipinski definition) is 0. The number of aryl methyl sites for hydroxylation is 1. The van der Waals surface area contributed by atoms with Crippen LogP contribution in [0, 0.1) is 6.92 Å². The van der Waals surface area contributed by atoms with E-state index in [1.54, 1.807) is 11.6 Å². The molecule has 0 spiro atoms. The molecule has 0 aliphatic rings. The van der Waals surface area contributed by atoms with Gasteiger partial charge in [-0.25, -0.2) is 0 Å². The summed E-state index contributed by atoms with van der Waals surface area (Å²) < 4.78 is 6.72. The molecule has 2 rings (SSSR count). The molecule has 0 amide bonds. The van der Waals surface area contributed by atoms with Gasteiger partial charge in [-0.1, -0.05) is 36.2 Å². The summed E-state index contributed by atoms with van der Waals surface area (Å²) >= 11 is 12.5. The average molecular weight is 355 g/mol.